The van der Waals surface area contributed by atoms with E-state index in [0.717, 1.165) is 27.8 Å². The van der Waals surface area contributed by atoms with E-state index in [-0.39, 0.29) is 0 Å². The number of hydrogen-bond donors (Lipinski definition) is 1. The van der Waals surface area contributed by atoms with Gasteiger partial charge in [0.25, 0.3) is 0 Å². The molecule has 0 radical (unpaired) electrons. The van der Waals surface area contributed by atoms with E-state index in [1.807, 2.05) is 50.2 Å². The number of ether oxygens (including phenoxy) is 1. The van der Waals surface area contributed by atoms with Crippen molar-refractivity contribution >= 4 is 29.7 Å². The fraction of sp³-hybridized carbons (Fsp3) is 0.292. The zero-order valence-electron chi connectivity index (χ0n) is 18.1. The summed E-state index contributed by atoms with van der Waals surface area (Å²) in [5.74, 6) is 0.854. The maximum atomic E-state index is 6.03. The molecule has 0 amide bonds. The fourth-order valence-corrected chi connectivity index (χ4v) is 3.59. The van der Waals surface area contributed by atoms with Gasteiger partial charge < -0.3 is 10.1 Å². The van der Waals surface area contributed by atoms with Gasteiger partial charge in [0.15, 0.2) is 0 Å². The van der Waals surface area contributed by atoms with Gasteiger partial charge in [0.05, 0.1) is 13.4 Å². The first-order valence-electron chi connectivity index (χ1n) is 9.67. The van der Waals surface area contributed by atoms with Crippen LogP contribution in [0.25, 0.3) is 0 Å². The Morgan fingerprint density at radius 2 is 1.72 bits per heavy atom. The predicted molar refractivity (Wildman–Crippen MR) is 129 cm³/mol. The van der Waals surface area contributed by atoms with Gasteiger partial charge in [-0.05, 0) is 61.4 Å². The van der Waals surface area contributed by atoms with Crippen molar-refractivity contribution in [1.82, 2.24) is 5.32 Å². The average Bonchev–Trinajstić information content (AvgIpc) is 2.77. The zero-order chi connectivity index (χ0) is 21.6. The van der Waals surface area contributed by atoms with Crippen LogP contribution < -0.4 is 10.1 Å². The van der Waals surface area contributed by atoms with Gasteiger partial charge in [-0.3, -0.25) is 4.99 Å². The molecule has 0 aliphatic heterocycles. The molecule has 0 fully saturated rings. The minimum absolute atomic E-state index is 0.738. The summed E-state index contributed by atoms with van der Waals surface area (Å²) in [6.45, 7) is 8.17. The molecule has 0 aliphatic carbocycles. The number of methoxy groups -OCH3 is 1. The second-order valence-electron chi connectivity index (χ2n) is 5.89. The first-order valence-corrected chi connectivity index (χ1v) is 10.9. The molecule has 3 nitrogen and oxygen atoms in total. The predicted octanol–water partition coefficient (Wildman–Crippen LogP) is 7.14. The molecule has 2 rings (SSSR count). The summed E-state index contributed by atoms with van der Waals surface area (Å²) in [5.41, 5.74) is 3.50. The van der Waals surface area contributed by atoms with Gasteiger partial charge in [-0.25, -0.2) is 0 Å². The summed E-state index contributed by atoms with van der Waals surface area (Å²) in [6, 6.07) is 16.0. The number of aliphatic imine (C=N–C) groups is 1. The van der Waals surface area contributed by atoms with Gasteiger partial charge in [-0.2, -0.15) is 0 Å². The van der Waals surface area contributed by atoms with Crippen LogP contribution in [0.15, 0.2) is 80.7 Å². The van der Waals surface area contributed by atoms with Crippen LogP contribution in [-0.2, 0) is 6.42 Å². The second kappa shape index (κ2) is 13.9. The van der Waals surface area contributed by atoms with Crippen molar-refractivity contribution in [2.75, 3.05) is 14.2 Å². The Hall–Kier alpha value is -2.17. The SMILES string of the molecule is C/C=C(C)/C(Sc1ccc(Cl)cc1)=C(/Cc1ccc(OC)cc1)NC=NC.CC. The highest BCUT2D eigenvalue weighted by molar-refractivity contribution is 8.03. The summed E-state index contributed by atoms with van der Waals surface area (Å²) in [7, 11) is 3.43. The van der Waals surface area contributed by atoms with E-state index in [9.17, 15) is 0 Å². The summed E-state index contributed by atoms with van der Waals surface area (Å²) >= 11 is 7.75. The van der Waals surface area contributed by atoms with Gasteiger partial charge in [-0.1, -0.05) is 55.4 Å². The molecule has 2 aromatic carbocycles. The maximum Gasteiger partial charge on any atom is 0.118 e. The molecule has 5 heteroatoms. The summed E-state index contributed by atoms with van der Waals surface area (Å²) in [4.78, 5) is 6.41. The van der Waals surface area contributed by atoms with E-state index in [0.29, 0.717) is 0 Å². The summed E-state index contributed by atoms with van der Waals surface area (Å²) in [6.07, 6.45) is 4.61. The van der Waals surface area contributed by atoms with Crippen LogP contribution in [0, 0.1) is 0 Å². The number of nitrogens with one attached hydrogen (secondary N) is 1. The van der Waals surface area contributed by atoms with Crippen molar-refractivity contribution in [3.05, 3.63) is 81.4 Å². The number of nitrogens with zero attached hydrogens (tertiary/aromatic N) is 1. The van der Waals surface area contributed by atoms with Gasteiger partial charge >= 0.3 is 0 Å². The Bertz CT molecular complexity index is 825. The van der Waals surface area contributed by atoms with E-state index in [2.05, 4.69) is 42.4 Å². The molecule has 0 aromatic heterocycles. The lowest BCUT2D eigenvalue weighted by Crippen LogP contribution is -2.15. The molecule has 0 saturated carbocycles. The highest BCUT2D eigenvalue weighted by atomic mass is 35.5. The van der Waals surface area contributed by atoms with Crippen LogP contribution in [0.5, 0.6) is 5.75 Å². The van der Waals surface area contributed by atoms with Gasteiger partial charge in [0, 0.05) is 34.0 Å². The highest BCUT2D eigenvalue weighted by Crippen LogP contribution is 2.35. The van der Waals surface area contributed by atoms with Crippen molar-refractivity contribution in [2.45, 2.75) is 39.0 Å². The number of halogens is 1. The topological polar surface area (TPSA) is 33.6 Å². The van der Waals surface area contributed by atoms with E-state index < -0.39 is 0 Å². The van der Waals surface area contributed by atoms with Crippen molar-refractivity contribution in [3.63, 3.8) is 0 Å². The zero-order valence-corrected chi connectivity index (χ0v) is 19.7. The highest BCUT2D eigenvalue weighted by Gasteiger charge is 2.12. The Morgan fingerprint density at radius 3 is 2.24 bits per heavy atom. The molecule has 0 bridgehead atoms. The number of allylic oxidation sites excluding steroid dienone is 3. The third-order valence-electron chi connectivity index (χ3n) is 4.01. The molecular formula is C24H31ClN2OS. The smallest absolute Gasteiger partial charge is 0.118 e. The van der Waals surface area contributed by atoms with Crippen LogP contribution >= 0.6 is 23.4 Å². The third-order valence-corrected chi connectivity index (χ3v) is 5.54. The Kier molecular flexibility index (Phi) is 11.9. The lowest BCUT2D eigenvalue weighted by Gasteiger charge is -2.16. The normalized spacial score (nSPS) is 12.2. The third kappa shape index (κ3) is 8.38. The average molecular weight is 431 g/mol. The molecule has 0 saturated heterocycles. The van der Waals surface area contributed by atoms with Crippen LogP contribution in [0.4, 0.5) is 0 Å². The molecule has 156 valence electrons. The largest absolute Gasteiger partial charge is 0.497 e. The second-order valence-corrected chi connectivity index (χ2v) is 7.41. The van der Waals surface area contributed by atoms with E-state index in [1.165, 1.54) is 16.0 Å². The molecule has 0 heterocycles. The van der Waals surface area contributed by atoms with Crippen LogP contribution in [0.1, 0.15) is 33.3 Å². The molecule has 29 heavy (non-hydrogen) atoms. The summed E-state index contributed by atoms with van der Waals surface area (Å²) < 4.78 is 5.26. The molecule has 2 aromatic rings. The van der Waals surface area contributed by atoms with Gasteiger partial charge in [0.2, 0.25) is 0 Å². The van der Waals surface area contributed by atoms with Crippen LogP contribution in [0.3, 0.4) is 0 Å². The minimum Gasteiger partial charge on any atom is -0.497 e. The number of thioether (sulfide) groups is 1. The Labute approximate surface area is 184 Å². The van der Waals surface area contributed by atoms with E-state index in [1.54, 1.807) is 32.3 Å². The minimum atomic E-state index is 0.738. The molecule has 0 atom stereocenters. The number of hydrogen-bond acceptors (Lipinski definition) is 3. The first-order chi connectivity index (χ1) is 14.1. The van der Waals surface area contributed by atoms with Gasteiger partial charge in [-0.15, -0.1) is 0 Å². The standard InChI is InChI=1S/C22H25ClN2OS.C2H6/c1-5-16(2)22(27-20-12-8-18(23)9-13-20)21(25-15-24-3)14-17-6-10-19(26-4)11-7-17;1-2/h5-13,15H,14H2,1-4H3,(H,24,25);1-2H3/b16-5+,22-21+;. The van der Waals surface area contributed by atoms with E-state index >= 15 is 0 Å². The molecule has 0 spiro atoms. The quantitative estimate of drug-likeness (QED) is 0.209. The molecule has 0 aliphatic rings. The lowest BCUT2D eigenvalue weighted by atomic mass is 10.1. The number of rotatable bonds is 8. The monoisotopic (exact) mass is 430 g/mol. The van der Waals surface area contributed by atoms with Crippen molar-refractivity contribution in [3.8, 4) is 5.75 Å². The molecular weight excluding hydrogens is 400 g/mol. The maximum absolute atomic E-state index is 6.03. The Morgan fingerprint density at radius 1 is 1.10 bits per heavy atom. The van der Waals surface area contributed by atoms with Crippen LogP contribution in [0.2, 0.25) is 5.02 Å². The van der Waals surface area contributed by atoms with Crippen molar-refractivity contribution in [1.29, 1.82) is 0 Å². The molecule has 1 N–H and O–H groups in total. The molecule has 0 unspecified atom stereocenters. The number of benzene rings is 2. The summed E-state index contributed by atoms with van der Waals surface area (Å²) in [5, 5.41) is 4.10. The van der Waals surface area contributed by atoms with Gasteiger partial charge in [0.1, 0.15) is 5.75 Å². The van der Waals surface area contributed by atoms with Crippen molar-refractivity contribution < 1.29 is 4.74 Å². The van der Waals surface area contributed by atoms with Crippen LogP contribution in [-0.4, -0.2) is 20.5 Å². The Balaban J connectivity index is 0.00000204. The van der Waals surface area contributed by atoms with Crippen molar-refractivity contribution in [2.24, 2.45) is 4.99 Å². The first kappa shape index (κ1) is 24.9. The fourth-order valence-electron chi connectivity index (χ4n) is 2.42. The lowest BCUT2D eigenvalue weighted by molar-refractivity contribution is 0.414. The van der Waals surface area contributed by atoms with E-state index in [4.69, 9.17) is 16.3 Å².